The van der Waals surface area contributed by atoms with Gasteiger partial charge in [-0.1, -0.05) is 11.8 Å². The Hall–Kier alpha value is -1.26. The lowest BCUT2D eigenvalue weighted by molar-refractivity contribution is 0.510. The maximum atomic E-state index is 13.0. The maximum absolute atomic E-state index is 13.0. The Morgan fingerprint density at radius 1 is 1.26 bits per heavy atom. The largest absolute Gasteiger partial charge is 0.333 e. The second-order valence-corrected chi connectivity index (χ2v) is 5.93. The van der Waals surface area contributed by atoms with Crippen LogP contribution in [0.1, 0.15) is 6.42 Å². The van der Waals surface area contributed by atoms with Crippen molar-refractivity contribution in [2.75, 3.05) is 17.3 Å². The first-order valence-corrected chi connectivity index (χ1v) is 7.77. The summed E-state index contributed by atoms with van der Waals surface area (Å²) < 4.78 is 26.0. The van der Waals surface area contributed by atoms with E-state index >= 15 is 0 Å². The molecule has 0 fully saturated rings. The highest BCUT2D eigenvalue weighted by Crippen LogP contribution is 2.22. The zero-order chi connectivity index (χ0) is 13.7. The average molecular weight is 299 g/mol. The van der Waals surface area contributed by atoms with Crippen LogP contribution in [0.5, 0.6) is 0 Å². The van der Waals surface area contributed by atoms with Crippen LogP contribution < -0.4 is 0 Å². The fourth-order valence-corrected chi connectivity index (χ4v) is 3.09. The van der Waals surface area contributed by atoms with Gasteiger partial charge in [-0.2, -0.15) is 5.26 Å². The number of halogens is 2. The molecule has 0 aliphatic rings. The Balaban J connectivity index is 1.89. The summed E-state index contributed by atoms with van der Waals surface area (Å²) in [6, 6.07) is 4.28. The van der Waals surface area contributed by atoms with Crippen molar-refractivity contribution in [2.24, 2.45) is 0 Å². The van der Waals surface area contributed by atoms with Crippen LogP contribution in [0, 0.1) is 23.0 Å². The van der Waals surface area contributed by atoms with E-state index in [1.165, 1.54) is 11.8 Å². The lowest BCUT2D eigenvalue weighted by Gasteiger charge is -1.96. The van der Waals surface area contributed by atoms with E-state index in [9.17, 15) is 8.78 Å². The van der Waals surface area contributed by atoms with Gasteiger partial charge in [-0.15, -0.1) is 11.8 Å². The summed E-state index contributed by atoms with van der Waals surface area (Å²) in [7, 11) is 0. The van der Waals surface area contributed by atoms with Crippen LogP contribution in [-0.2, 0) is 0 Å². The van der Waals surface area contributed by atoms with Crippen LogP contribution in [0.3, 0.4) is 0 Å². The number of thioether (sulfide) groups is 2. The molecule has 7 heteroatoms. The molecule has 0 aliphatic carbocycles. The molecule has 0 saturated carbocycles. The van der Waals surface area contributed by atoms with Crippen molar-refractivity contribution in [3.63, 3.8) is 0 Å². The second-order valence-electron chi connectivity index (χ2n) is 3.74. The van der Waals surface area contributed by atoms with Gasteiger partial charge < -0.3 is 4.98 Å². The van der Waals surface area contributed by atoms with Gasteiger partial charge in [0, 0.05) is 17.9 Å². The summed E-state index contributed by atoms with van der Waals surface area (Å²) in [6.45, 7) is 0. The lowest BCUT2D eigenvalue weighted by Crippen LogP contribution is -1.86. The quantitative estimate of drug-likeness (QED) is 0.654. The van der Waals surface area contributed by atoms with Gasteiger partial charge in [-0.05, 0) is 12.2 Å². The molecule has 2 aromatic rings. The van der Waals surface area contributed by atoms with Crippen molar-refractivity contribution in [1.82, 2.24) is 9.97 Å². The van der Waals surface area contributed by atoms with E-state index in [1.54, 1.807) is 11.8 Å². The molecule has 0 saturated heterocycles. The van der Waals surface area contributed by atoms with E-state index in [-0.39, 0.29) is 0 Å². The van der Waals surface area contributed by atoms with Crippen molar-refractivity contribution < 1.29 is 8.78 Å². The molecule has 0 radical (unpaired) electrons. The molecule has 0 atom stereocenters. The van der Waals surface area contributed by atoms with Crippen LogP contribution in [0.15, 0.2) is 17.3 Å². The summed E-state index contributed by atoms with van der Waals surface area (Å²) >= 11 is 3.10. The van der Waals surface area contributed by atoms with E-state index in [2.05, 4.69) is 16.0 Å². The minimum absolute atomic E-state index is 0.431. The molecular weight excluding hydrogens is 288 g/mol. The van der Waals surface area contributed by atoms with Gasteiger partial charge in [-0.25, -0.2) is 13.8 Å². The molecule has 1 aromatic heterocycles. The standard InChI is InChI=1S/C12H11F2N3S2/c13-8-6-10-11(7-9(8)14)17-12(16-10)19-4-1-3-18-5-2-15/h6-7H,1,3-5H2,(H,16,17). The number of hydrogen-bond donors (Lipinski definition) is 1. The third-order valence-electron chi connectivity index (χ3n) is 2.34. The number of aromatic amines is 1. The molecular formula is C12H11F2N3S2. The Morgan fingerprint density at radius 3 is 2.84 bits per heavy atom. The number of nitrogens with zero attached hydrogens (tertiary/aromatic N) is 2. The van der Waals surface area contributed by atoms with Gasteiger partial charge in [0.1, 0.15) is 0 Å². The molecule has 2 rings (SSSR count). The smallest absolute Gasteiger partial charge is 0.166 e. The normalized spacial score (nSPS) is 10.8. The fraction of sp³-hybridized carbons (Fsp3) is 0.333. The number of imidazole rings is 1. The molecule has 0 aliphatic heterocycles. The number of rotatable bonds is 6. The van der Waals surface area contributed by atoms with E-state index in [0.717, 1.165) is 30.1 Å². The van der Waals surface area contributed by atoms with Crippen LogP contribution in [0.4, 0.5) is 8.78 Å². The van der Waals surface area contributed by atoms with Crippen molar-refractivity contribution in [2.45, 2.75) is 11.6 Å². The topological polar surface area (TPSA) is 52.5 Å². The SMILES string of the molecule is N#CCSCCCSc1nc2cc(F)c(F)cc2[nH]1. The molecule has 100 valence electrons. The lowest BCUT2D eigenvalue weighted by atomic mass is 10.3. The number of benzene rings is 1. The minimum Gasteiger partial charge on any atom is -0.333 e. The zero-order valence-corrected chi connectivity index (χ0v) is 11.6. The first kappa shape index (κ1) is 14.2. The van der Waals surface area contributed by atoms with Gasteiger partial charge in [-0.3, -0.25) is 0 Å². The minimum atomic E-state index is -0.886. The predicted octanol–water partition coefficient (Wildman–Crippen LogP) is 3.58. The number of fused-ring (bicyclic) bond motifs is 1. The van der Waals surface area contributed by atoms with Crippen molar-refractivity contribution >= 4 is 34.6 Å². The van der Waals surface area contributed by atoms with Gasteiger partial charge in [0.05, 0.1) is 22.9 Å². The van der Waals surface area contributed by atoms with Crippen LogP contribution in [0.25, 0.3) is 11.0 Å². The number of nitrogens with one attached hydrogen (secondary N) is 1. The van der Waals surface area contributed by atoms with Gasteiger partial charge >= 0.3 is 0 Å². The average Bonchev–Trinajstić information content (AvgIpc) is 2.76. The van der Waals surface area contributed by atoms with Crippen molar-refractivity contribution in [1.29, 1.82) is 5.26 Å². The summed E-state index contributed by atoms with van der Waals surface area (Å²) in [5, 5.41) is 9.03. The molecule has 0 amide bonds. The number of nitriles is 1. The monoisotopic (exact) mass is 299 g/mol. The third-order valence-corrected chi connectivity index (χ3v) is 4.21. The first-order valence-electron chi connectivity index (χ1n) is 5.63. The van der Waals surface area contributed by atoms with Crippen LogP contribution in [0.2, 0.25) is 0 Å². The Morgan fingerprint density at radius 2 is 2.05 bits per heavy atom. The Kier molecular flexibility index (Phi) is 5.05. The highest BCUT2D eigenvalue weighted by Gasteiger charge is 2.08. The highest BCUT2D eigenvalue weighted by molar-refractivity contribution is 8.00. The van der Waals surface area contributed by atoms with Crippen LogP contribution in [-0.4, -0.2) is 27.2 Å². The van der Waals surface area contributed by atoms with Crippen LogP contribution >= 0.6 is 23.5 Å². The number of hydrogen-bond acceptors (Lipinski definition) is 4. The molecule has 1 N–H and O–H groups in total. The molecule has 1 heterocycles. The van der Waals surface area contributed by atoms with E-state index in [1.807, 2.05) is 0 Å². The summed E-state index contributed by atoms with van der Waals surface area (Å²) in [5.74, 6) is 0.519. The van der Waals surface area contributed by atoms with Gasteiger partial charge in [0.25, 0.3) is 0 Å². The Bertz CT molecular complexity index is 568. The maximum Gasteiger partial charge on any atom is 0.166 e. The number of H-pyrrole nitrogens is 1. The number of aromatic nitrogens is 2. The molecule has 19 heavy (non-hydrogen) atoms. The fourth-order valence-electron chi connectivity index (χ4n) is 1.50. The van der Waals surface area contributed by atoms with Gasteiger partial charge in [0.2, 0.25) is 0 Å². The van der Waals surface area contributed by atoms with E-state index < -0.39 is 11.6 Å². The van der Waals surface area contributed by atoms with Gasteiger partial charge in [0.15, 0.2) is 16.8 Å². The van der Waals surface area contributed by atoms with E-state index in [0.29, 0.717) is 21.9 Å². The predicted molar refractivity (Wildman–Crippen MR) is 74.3 cm³/mol. The first-order chi connectivity index (χ1) is 9.20. The molecule has 1 aromatic carbocycles. The molecule has 3 nitrogen and oxygen atoms in total. The van der Waals surface area contributed by atoms with E-state index in [4.69, 9.17) is 5.26 Å². The molecule has 0 bridgehead atoms. The van der Waals surface area contributed by atoms with Crippen molar-refractivity contribution in [3.8, 4) is 6.07 Å². The summed E-state index contributed by atoms with van der Waals surface area (Å²) in [4.78, 5) is 7.14. The third kappa shape index (κ3) is 3.85. The zero-order valence-electron chi connectivity index (χ0n) is 9.95. The molecule has 0 unspecified atom stereocenters. The second kappa shape index (κ2) is 6.78. The highest BCUT2D eigenvalue weighted by atomic mass is 32.2. The Labute approximate surface area is 117 Å². The molecule has 0 spiro atoms. The summed E-state index contributed by atoms with van der Waals surface area (Å²) in [6.07, 6.45) is 0.955. The summed E-state index contributed by atoms with van der Waals surface area (Å²) in [5.41, 5.74) is 0.931. The van der Waals surface area contributed by atoms with Crippen molar-refractivity contribution in [3.05, 3.63) is 23.8 Å².